The molecule has 96 valence electrons. The number of nitrogens with one attached hydrogen (secondary N) is 1. The third-order valence-electron chi connectivity index (χ3n) is 2.38. The minimum Gasteiger partial charge on any atom is -0.492 e. The zero-order chi connectivity index (χ0) is 12.7. The van der Waals surface area contributed by atoms with E-state index in [-0.39, 0.29) is 0 Å². The van der Waals surface area contributed by atoms with E-state index in [2.05, 4.69) is 52.4 Å². The van der Waals surface area contributed by atoms with Gasteiger partial charge in [0, 0.05) is 13.1 Å². The Morgan fingerprint density at radius 1 is 1.35 bits per heavy atom. The minimum atomic E-state index is 0.752. The fourth-order valence-electron chi connectivity index (χ4n) is 1.54. The summed E-state index contributed by atoms with van der Waals surface area (Å²) in [7, 11) is 6.09. The van der Waals surface area contributed by atoms with E-state index in [1.165, 1.54) is 5.56 Å². The van der Waals surface area contributed by atoms with Crippen molar-refractivity contribution >= 4 is 15.9 Å². The second-order valence-electron chi connectivity index (χ2n) is 4.30. The summed E-state index contributed by atoms with van der Waals surface area (Å²) in [5, 5.41) is 3.13. The monoisotopic (exact) mass is 300 g/mol. The van der Waals surface area contributed by atoms with Gasteiger partial charge in [0.25, 0.3) is 0 Å². The molecule has 0 bridgehead atoms. The van der Waals surface area contributed by atoms with Crippen LogP contribution in [-0.2, 0) is 6.54 Å². The molecule has 1 aromatic rings. The Labute approximate surface area is 112 Å². The van der Waals surface area contributed by atoms with E-state index in [1.54, 1.807) is 0 Å². The number of hydrogen-bond acceptors (Lipinski definition) is 3. The number of halogens is 1. The molecule has 0 saturated heterocycles. The highest BCUT2D eigenvalue weighted by atomic mass is 79.9. The summed E-state index contributed by atoms with van der Waals surface area (Å²) < 4.78 is 6.75. The lowest BCUT2D eigenvalue weighted by atomic mass is 10.2. The average Bonchev–Trinajstić information content (AvgIpc) is 2.27. The lowest BCUT2D eigenvalue weighted by Gasteiger charge is -2.12. The fraction of sp³-hybridized carbons (Fsp3) is 0.538. The van der Waals surface area contributed by atoms with E-state index in [1.807, 2.05) is 13.1 Å². The van der Waals surface area contributed by atoms with Crippen LogP contribution in [0.2, 0.25) is 0 Å². The Hall–Kier alpha value is -0.580. The largest absolute Gasteiger partial charge is 0.492 e. The zero-order valence-electron chi connectivity index (χ0n) is 10.8. The molecule has 0 aliphatic carbocycles. The van der Waals surface area contributed by atoms with Crippen molar-refractivity contribution in [1.29, 1.82) is 0 Å². The molecule has 0 unspecified atom stereocenters. The molecule has 4 heteroatoms. The summed E-state index contributed by atoms with van der Waals surface area (Å²) in [6.45, 7) is 2.68. The van der Waals surface area contributed by atoms with Crippen LogP contribution in [0.25, 0.3) is 0 Å². The predicted octanol–water partition coefficient (Wildman–Crippen LogP) is 2.50. The number of rotatable bonds is 7. The Morgan fingerprint density at radius 3 is 2.71 bits per heavy atom. The molecule has 0 saturated carbocycles. The summed E-state index contributed by atoms with van der Waals surface area (Å²) in [4.78, 5) is 2.16. The smallest absolute Gasteiger partial charge is 0.133 e. The molecule has 17 heavy (non-hydrogen) atoms. The Morgan fingerprint density at radius 2 is 2.12 bits per heavy atom. The van der Waals surface area contributed by atoms with E-state index < -0.39 is 0 Å². The van der Waals surface area contributed by atoms with Gasteiger partial charge >= 0.3 is 0 Å². The molecule has 0 aromatic heterocycles. The highest BCUT2D eigenvalue weighted by Gasteiger charge is 2.02. The summed E-state index contributed by atoms with van der Waals surface area (Å²) >= 11 is 3.53. The van der Waals surface area contributed by atoms with Crippen molar-refractivity contribution in [3.8, 4) is 5.75 Å². The van der Waals surface area contributed by atoms with Gasteiger partial charge in [0.1, 0.15) is 5.75 Å². The van der Waals surface area contributed by atoms with Gasteiger partial charge in [-0.1, -0.05) is 6.07 Å². The highest BCUT2D eigenvalue weighted by molar-refractivity contribution is 9.10. The molecule has 1 N–H and O–H groups in total. The minimum absolute atomic E-state index is 0.752. The average molecular weight is 301 g/mol. The first-order valence-corrected chi connectivity index (χ1v) is 6.63. The molecule has 0 aliphatic heterocycles. The molecule has 0 spiro atoms. The Kier molecular flexibility index (Phi) is 6.55. The molecule has 0 atom stereocenters. The maximum absolute atomic E-state index is 5.73. The predicted molar refractivity (Wildman–Crippen MR) is 75.6 cm³/mol. The Bertz CT molecular complexity index is 342. The molecule has 0 amide bonds. The van der Waals surface area contributed by atoms with Crippen LogP contribution in [0.5, 0.6) is 5.75 Å². The van der Waals surface area contributed by atoms with Gasteiger partial charge in [-0.25, -0.2) is 0 Å². The zero-order valence-corrected chi connectivity index (χ0v) is 12.4. The van der Waals surface area contributed by atoms with Crippen LogP contribution in [0.15, 0.2) is 22.7 Å². The van der Waals surface area contributed by atoms with E-state index in [0.29, 0.717) is 0 Å². The molecule has 0 aliphatic rings. The molecule has 3 nitrogen and oxygen atoms in total. The molecule has 1 rings (SSSR count). The summed E-state index contributed by atoms with van der Waals surface area (Å²) in [6, 6.07) is 6.20. The van der Waals surface area contributed by atoms with Crippen molar-refractivity contribution in [2.24, 2.45) is 0 Å². The SMILES string of the molecule is CNCc1ccc(OCCCN(C)C)c(Br)c1. The van der Waals surface area contributed by atoms with Crippen LogP contribution in [0, 0.1) is 0 Å². The van der Waals surface area contributed by atoms with Crippen LogP contribution in [0.1, 0.15) is 12.0 Å². The maximum Gasteiger partial charge on any atom is 0.133 e. The van der Waals surface area contributed by atoms with Gasteiger partial charge in [-0.2, -0.15) is 0 Å². The molecule has 1 aromatic carbocycles. The molecule has 0 radical (unpaired) electrons. The maximum atomic E-state index is 5.73. The summed E-state index contributed by atoms with van der Waals surface area (Å²) in [5.74, 6) is 0.920. The van der Waals surface area contributed by atoms with Gasteiger partial charge in [0.05, 0.1) is 11.1 Å². The van der Waals surface area contributed by atoms with Gasteiger partial charge in [0.2, 0.25) is 0 Å². The summed E-state index contributed by atoms with van der Waals surface area (Å²) in [5.41, 5.74) is 1.25. The number of nitrogens with zero attached hydrogens (tertiary/aromatic N) is 1. The van der Waals surface area contributed by atoms with Crippen LogP contribution < -0.4 is 10.1 Å². The van der Waals surface area contributed by atoms with Crippen LogP contribution in [-0.4, -0.2) is 39.2 Å². The second kappa shape index (κ2) is 7.69. The topological polar surface area (TPSA) is 24.5 Å². The first-order valence-electron chi connectivity index (χ1n) is 5.84. The number of ether oxygens (including phenoxy) is 1. The Balaban J connectivity index is 2.43. The highest BCUT2D eigenvalue weighted by Crippen LogP contribution is 2.26. The van der Waals surface area contributed by atoms with Crippen molar-refractivity contribution < 1.29 is 4.74 Å². The lowest BCUT2D eigenvalue weighted by Crippen LogP contribution is -2.15. The van der Waals surface area contributed by atoms with Crippen LogP contribution in [0.4, 0.5) is 0 Å². The quantitative estimate of drug-likeness (QED) is 0.783. The van der Waals surface area contributed by atoms with E-state index in [4.69, 9.17) is 4.74 Å². The van der Waals surface area contributed by atoms with Gasteiger partial charge in [-0.15, -0.1) is 0 Å². The molecular formula is C13H21BrN2O. The van der Waals surface area contributed by atoms with E-state index in [9.17, 15) is 0 Å². The third-order valence-corrected chi connectivity index (χ3v) is 3.00. The fourth-order valence-corrected chi connectivity index (χ4v) is 2.08. The second-order valence-corrected chi connectivity index (χ2v) is 5.15. The first-order chi connectivity index (χ1) is 8.13. The van der Waals surface area contributed by atoms with Gasteiger partial charge in [-0.3, -0.25) is 0 Å². The van der Waals surface area contributed by atoms with Crippen molar-refractivity contribution in [3.63, 3.8) is 0 Å². The van der Waals surface area contributed by atoms with Crippen molar-refractivity contribution in [3.05, 3.63) is 28.2 Å². The molecule has 0 heterocycles. The summed E-state index contributed by atoms with van der Waals surface area (Å²) in [6.07, 6.45) is 1.04. The molecular weight excluding hydrogens is 280 g/mol. The molecule has 0 fully saturated rings. The number of benzene rings is 1. The third kappa shape index (κ3) is 5.52. The van der Waals surface area contributed by atoms with Gasteiger partial charge in [0.15, 0.2) is 0 Å². The van der Waals surface area contributed by atoms with Crippen molar-refractivity contribution in [1.82, 2.24) is 10.2 Å². The van der Waals surface area contributed by atoms with Gasteiger partial charge < -0.3 is 15.0 Å². The van der Waals surface area contributed by atoms with Crippen molar-refractivity contribution in [2.75, 3.05) is 34.3 Å². The lowest BCUT2D eigenvalue weighted by molar-refractivity contribution is 0.280. The normalized spacial score (nSPS) is 10.9. The van der Waals surface area contributed by atoms with E-state index in [0.717, 1.165) is 36.3 Å². The van der Waals surface area contributed by atoms with Gasteiger partial charge in [-0.05, 0) is 61.2 Å². The standard InChI is InChI=1S/C13H21BrN2O/c1-15-10-11-5-6-13(12(14)9-11)17-8-4-7-16(2)3/h5-6,9,15H,4,7-8,10H2,1-3H3. The van der Waals surface area contributed by atoms with Crippen LogP contribution in [0.3, 0.4) is 0 Å². The van der Waals surface area contributed by atoms with E-state index >= 15 is 0 Å². The first kappa shape index (κ1) is 14.5. The van der Waals surface area contributed by atoms with Crippen molar-refractivity contribution in [2.45, 2.75) is 13.0 Å². The van der Waals surface area contributed by atoms with Crippen LogP contribution >= 0.6 is 15.9 Å². The number of hydrogen-bond donors (Lipinski definition) is 1.